The largest absolute Gasteiger partial charge is 0.307 e. The number of thiazole rings is 1. The fraction of sp³-hybridized carbons (Fsp3) is 0.320. The van der Waals surface area contributed by atoms with Crippen LogP contribution in [0.15, 0.2) is 68.9 Å². The predicted molar refractivity (Wildman–Crippen MR) is 132 cm³/mol. The Morgan fingerprint density at radius 2 is 1.70 bits per heavy atom. The molecule has 8 heteroatoms. The Hall–Kier alpha value is -2.16. The van der Waals surface area contributed by atoms with Crippen LogP contribution >= 0.6 is 39.0 Å². The molecule has 2 bridgehead atoms. The van der Waals surface area contributed by atoms with E-state index >= 15 is 0 Å². The number of aromatic amines is 1. The van der Waals surface area contributed by atoms with E-state index in [1.54, 1.807) is 11.8 Å². The average Bonchev–Trinajstić information content (AvgIpc) is 3.53. The number of H-pyrrole nitrogens is 1. The second-order valence-corrected chi connectivity index (χ2v) is 12.5. The molecule has 2 aliphatic heterocycles. The van der Waals surface area contributed by atoms with Crippen LogP contribution in [0.4, 0.5) is 5.69 Å². The van der Waals surface area contributed by atoms with E-state index in [0.717, 1.165) is 26.4 Å². The SMILES string of the molecule is O=C1[C@H]2[C@H]3C[C@@H]([C@@H]2C(=O)N1c1ccccc1)[C@H]1[C@H](c2cccc(Br)c2)c2sc(=O)[nH]c2S[C@H]31. The van der Waals surface area contributed by atoms with Gasteiger partial charge in [0.2, 0.25) is 11.8 Å². The molecule has 5 nitrogen and oxygen atoms in total. The second-order valence-electron chi connectivity index (χ2n) is 9.36. The summed E-state index contributed by atoms with van der Waals surface area (Å²) in [6.07, 6.45) is 0.904. The van der Waals surface area contributed by atoms with Crippen molar-refractivity contribution in [2.24, 2.45) is 29.6 Å². The highest BCUT2D eigenvalue weighted by atomic mass is 79.9. The van der Waals surface area contributed by atoms with Crippen LogP contribution in [-0.2, 0) is 9.59 Å². The highest BCUT2D eigenvalue weighted by Gasteiger charge is 2.69. The van der Waals surface area contributed by atoms with E-state index in [1.165, 1.54) is 16.2 Å². The minimum absolute atomic E-state index is 0.0394. The summed E-state index contributed by atoms with van der Waals surface area (Å²) in [4.78, 5) is 45.0. The lowest BCUT2D eigenvalue weighted by molar-refractivity contribution is -0.123. The fourth-order valence-corrected chi connectivity index (χ4v) is 10.2. The summed E-state index contributed by atoms with van der Waals surface area (Å²) in [5, 5.41) is 1.16. The van der Waals surface area contributed by atoms with Gasteiger partial charge in [0.1, 0.15) is 0 Å². The van der Waals surface area contributed by atoms with Crippen molar-refractivity contribution in [3.63, 3.8) is 0 Å². The molecule has 7 atom stereocenters. The molecule has 1 saturated heterocycles. The summed E-state index contributed by atoms with van der Waals surface area (Å²) in [5.74, 6) is -0.0647. The molecule has 3 fully saturated rings. The molecule has 4 aliphatic rings. The van der Waals surface area contributed by atoms with Crippen LogP contribution in [0.3, 0.4) is 0 Å². The maximum Gasteiger partial charge on any atom is 0.305 e. The summed E-state index contributed by atoms with van der Waals surface area (Å²) in [7, 11) is 0. The van der Waals surface area contributed by atoms with E-state index in [2.05, 4.69) is 33.0 Å². The van der Waals surface area contributed by atoms with Crippen LogP contribution in [-0.4, -0.2) is 22.0 Å². The molecule has 3 aromatic rings. The lowest BCUT2D eigenvalue weighted by Gasteiger charge is -2.43. The van der Waals surface area contributed by atoms with Crippen molar-refractivity contribution in [1.29, 1.82) is 0 Å². The predicted octanol–water partition coefficient (Wildman–Crippen LogP) is 4.88. The first-order valence-electron chi connectivity index (χ1n) is 11.1. The van der Waals surface area contributed by atoms with E-state index in [9.17, 15) is 14.4 Å². The van der Waals surface area contributed by atoms with Crippen LogP contribution in [0.1, 0.15) is 22.8 Å². The molecule has 2 saturated carbocycles. The highest BCUT2D eigenvalue weighted by Crippen LogP contribution is 2.68. The number of aromatic nitrogens is 1. The number of imide groups is 1. The Bertz CT molecular complexity index is 1370. The molecule has 0 unspecified atom stereocenters. The number of benzene rings is 2. The monoisotopic (exact) mass is 538 g/mol. The maximum absolute atomic E-state index is 13.6. The summed E-state index contributed by atoms with van der Waals surface area (Å²) >= 11 is 6.62. The molecule has 0 radical (unpaired) electrons. The number of halogens is 1. The molecule has 166 valence electrons. The van der Waals surface area contributed by atoms with Gasteiger partial charge in [0.15, 0.2) is 0 Å². The number of carbonyl (C=O) groups excluding carboxylic acids is 2. The number of carbonyl (C=O) groups is 2. The molecule has 2 aromatic carbocycles. The van der Waals surface area contributed by atoms with Crippen molar-refractivity contribution >= 4 is 56.5 Å². The van der Waals surface area contributed by atoms with E-state index < -0.39 is 0 Å². The Morgan fingerprint density at radius 1 is 0.939 bits per heavy atom. The van der Waals surface area contributed by atoms with E-state index in [1.807, 2.05) is 42.5 Å². The number of nitrogens with zero attached hydrogens (tertiary/aromatic N) is 1. The van der Waals surface area contributed by atoms with Crippen molar-refractivity contribution < 1.29 is 9.59 Å². The van der Waals surface area contributed by atoms with Crippen molar-refractivity contribution in [2.75, 3.05) is 4.90 Å². The van der Waals surface area contributed by atoms with Crippen LogP contribution in [0.5, 0.6) is 0 Å². The normalized spacial score (nSPS) is 33.8. The maximum atomic E-state index is 13.6. The van der Waals surface area contributed by atoms with Gasteiger partial charge in [-0.1, -0.05) is 57.6 Å². The third kappa shape index (κ3) is 2.74. The lowest BCUT2D eigenvalue weighted by Crippen LogP contribution is -2.42. The quantitative estimate of drug-likeness (QED) is 0.472. The fourth-order valence-electron chi connectivity index (χ4n) is 6.92. The van der Waals surface area contributed by atoms with Crippen LogP contribution in [0, 0.1) is 29.6 Å². The summed E-state index contributed by atoms with van der Waals surface area (Å²) in [6.45, 7) is 0. The van der Waals surface area contributed by atoms with Crippen LogP contribution < -0.4 is 9.77 Å². The summed E-state index contributed by atoms with van der Waals surface area (Å²) in [5.41, 5.74) is 1.83. The summed E-state index contributed by atoms with van der Waals surface area (Å²) in [6, 6.07) is 17.6. The third-order valence-electron chi connectivity index (χ3n) is 7.95. The average molecular weight is 539 g/mol. The smallest absolute Gasteiger partial charge is 0.305 e. The van der Waals surface area contributed by atoms with Gasteiger partial charge >= 0.3 is 4.87 Å². The Morgan fingerprint density at radius 3 is 2.45 bits per heavy atom. The van der Waals surface area contributed by atoms with Gasteiger partial charge in [0, 0.05) is 20.5 Å². The molecule has 33 heavy (non-hydrogen) atoms. The van der Waals surface area contributed by atoms with E-state index in [-0.39, 0.29) is 57.4 Å². The number of rotatable bonds is 2. The number of hydrogen-bond donors (Lipinski definition) is 1. The first kappa shape index (κ1) is 20.2. The molecule has 0 spiro atoms. The van der Waals surface area contributed by atoms with Gasteiger partial charge < -0.3 is 4.98 Å². The zero-order valence-corrected chi connectivity index (χ0v) is 20.5. The van der Waals surface area contributed by atoms with E-state index in [4.69, 9.17) is 0 Å². The number of para-hydroxylation sites is 1. The third-order valence-corrected chi connectivity index (χ3v) is 11.0. The minimum atomic E-state index is -0.267. The lowest BCUT2D eigenvalue weighted by atomic mass is 9.68. The standard InChI is InChI=1S/C25H19BrN2O3S2/c26-12-6-4-5-11(9-12)16-17-14-10-15(20(17)32-22-21(16)33-25(31)27-22)19-18(14)23(29)28(24(19)30)13-7-2-1-3-8-13/h1-9,14-20H,10H2,(H,27,31)/t14-,15-,16+,17+,18+,19+,20-/m1/s1. The van der Waals surface area contributed by atoms with E-state index in [0.29, 0.717) is 5.69 Å². The molecular weight excluding hydrogens is 520 g/mol. The van der Waals surface area contributed by atoms with Gasteiger partial charge in [0.05, 0.1) is 22.5 Å². The van der Waals surface area contributed by atoms with Crippen molar-refractivity contribution in [3.05, 3.63) is 79.2 Å². The first-order valence-corrected chi connectivity index (χ1v) is 13.6. The molecule has 1 aromatic heterocycles. The number of nitrogens with one attached hydrogen (secondary N) is 1. The Kier molecular flexibility index (Phi) is 4.40. The van der Waals surface area contributed by atoms with Gasteiger partial charge in [-0.05, 0) is 54.0 Å². The van der Waals surface area contributed by atoms with Gasteiger partial charge in [-0.3, -0.25) is 19.3 Å². The number of anilines is 1. The summed E-state index contributed by atoms with van der Waals surface area (Å²) < 4.78 is 1.00. The zero-order valence-electron chi connectivity index (χ0n) is 17.3. The molecule has 3 heterocycles. The number of fused-ring (bicyclic) bond motifs is 9. The zero-order chi connectivity index (χ0) is 22.4. The highest BCUT2D eigenvalue weighted by molar-refractivity contribution is 9.10. The van der Waals surface area contributed by atoms with Gasteiger partial charge in [0.25, 0.3) is 0 Å². The molecular formula is C25H19BrN2O3S2. The van der Waals surface area contributed by atoms with Crippen molar-refractivity contribution in [3.8, 4) is 0 Å². The Balaban J connectivity index is 1.35. The Labute approximate surface area is 206 Å². The molecule has 1 N–H and O–H groups in total. The van der Waals surface area contributed by atoms with Crippen LogP contribution in [0.2, 0.25) is 0 Å². The molecule has 2 aliphatic carbocycles. The van der Waals surface area contributed by atoms with Gasteiger partial charge in [-0.2, -0.15) is 0 Å². The second kappa shape index (κ2) is 7.17. The van der Waals surface area contributed by atoms with Gasteiger partial charge in [-0.25, -0.2) is 0 Å². The molecule has 7 rings (SSSR count). The van der Waals surface area contributed by atoms with Crippen molar-refractivity contribution in [2.45, 2.75) is 22.6 Å². The minimum Gasteiger partial charge on any atom is -0.307 e. The van der Waals surface area contributed by atoms with Gasteiger partial charge in [-0.15, -0.1) is 11.8 Å². The number of thioether (sulfide) groups is 1. The first-order chi connectivity index (χ1) is 16.0. The number of hydrogen-bond acceptors (Lipinski definition) is 5. The number of amides is 2. The molecule has 2 amide bonds. The topological polar surface area (TPSA) is 70.2 Å². The van der Waals surface area contributed by atoms with Crippen molar-refractivity contribution in [1.82, 2.24) is 4.98 Å². The van der Waals surface area contributed by atoms with Crippen LogP contribution in [0.25, 0.3) is 0 Å².